The van der Waals surface area contributed by atoms with Crippen LogP contribution >= 0.6 is 11.8 Å². The Hall–Kier alpha value is -1.98. The molecule has 1 aromatic carbocycles. The first-order valence-electron chi connectivity index (χ1n) is 7.34. The molecular weight excluding hydrogens is 310 g/mol. The van der Waals surface area contributed by atoms with Crippen LogP contribution in [0.25, 0.3) is 6.08 Å². The second-order valence-corrected chi connectivity index (χ2v) is 5.87. The van der Waals surface area contributed by atoms with E-state index in [4.69, 9.17) is 9.15 Å². The number of furan rings is 1. The van der Waals surface area contributed by atoms with Gasteiger partial charge in [0.1, 0.15) is 0 Å². The van der Waals surface area contributed by atoms with Crippen molar-refractivity contribution < 1.29 is 13.9 Å². The number of rotatable bonds is 8. The summed E-state index contributed by atoms with van der Waals surface area (Å²) in [5, 5.41) is 0. The monoisotopic (exact) mass is 331 g/mol. The smallest absolute Gasteiger partial charge is 0.246 e. The zero-order valence-electron chi connectivity index (χ0n) is 13.4. The topological polar surface area (TPSA) is 42.7 Å². The van der Waals surface area contributed by atoms with Crippen LogP contribution in [0.1, 0.15) is 11.1 Å². The quantitative estimate of drug-likeness (QED) is 0.546. The third kappa shape index (κ3) is 5.62. The summed E-state index contributed by atoms with van der Waals surface area (Å²) in [5.41, 5.74) is 1.97. The number of carbonyl (C=O) groups excluding carboxylic acids is 1. The van der Waals surface area contributed by atoms with E-state index in [1.165, 1.54) is 4.90 Å². The van der Waals surface area contributed by atoms with Crippen molar-refractivity contribution in [2.75, 3.05) is 26.5 Å². The lowest BCUT2D eigenvalue weighted by Crippen LogP contribution is -2.31. The molecule has 0 spiro atoms. The largest absolute Gasteiger partial charge is 0.472 e. The van der Waals surface area contributed by atoms with E-state index in [1.54, 1.807) is 42.4 Å². The van der Waals surface area contributed by atoms with Crippen LogP contribution in [0, 0.1) is 0 Å². The van der Waals surface area contributed by atoms with Gasteiger partial charge in [-0.1, -0.05) is 12.1 Å². The molecule has 0 unspecified atom stereocenters. The van der Waals surface area contributed by atoms with Gasteiger partial charge >= 0.3 is 0 Å². The molecule has 0 fully saturated rings. The Morgan fingerprint density at radius 3 is 2.70 bits per heavy atom. The summed E-state index contributed by atoms with van der Waals surface area (Å²) in [4.78, 5) is 15.4. The lowest BCUT2D eigenvalue weighted by atomic mass is 10.2. The minimum absolute atomic E-state index is 0.0443. The van der Waals surface area contributed by atoms with E-state index in [2.05, 4.69) is 0 Å². The van der Waals surface area contributed by atoms with Crippen LogP contribution in [0.15, 0.2) is 58.2 Å². The molecule has 0 aliphatic carbocycles. The number of benzene rings is 1. The number of hydrogen-bond acceptors (Lipinski definition) is 4. The normalized spacial score (nSPS) is 11.0. The first-order chi connectivity index (χ1) is 11.2. The Morgan fingerprint density at radius 2 is 2.09 bits per heavy atom. The van der Waals surface area contributed by atoms with E-state index in [0.717, 1.165) is 11.1 Å². The molecule has 1 aromatic heterocycles. The van der Waals surface area contributed by atoms with Crippen molar-refractivity contribution in [3.63, 3.8) is 0 Å². The van der Waals surface area contributed by atoms with Crippen LogP contribution < -0.4 is 0 Å². The first kappa shape index (κ1) is 17.4. The molecule has 2 aromatic rings. The van der Waals surface area contributed by atoms with Gasteiger partial charge in [0.15, 0.2) is 0 Å². The Kier molecular flexibility index (Phi) is 6.97. The Bertz CT molecular complexity index is 620. The Balaban J connectivity index is 2.01. The van der Waals surface area contributed by atoms with Crippen molar-refractivity contribution >= 4 is 23.7 Å². The lowest BCUT2D eigenvalue weighted by Gasteiger charge is -2.20. The Labute approximate surface area is 141 Å². The van der Waals surface area contributed by atoms with E-state index in [1.807, 2.05) is 42.7 Å². The fourth-order valence-corrected chi connectivity index (χ4v) is 2.47. The molecule has 0 saturated heterocycles. The van der Waals surface area contributed by atoms with E-state index < -0.39 is 0 Å². The maximum absolute atomic E-state index is 12.4. The molecule has 23 heavy (non-hydrogen) atoms. The molecule has 0 saturated carbocycles. The second kappa shape index (κ2) is 9.22. The van der Waals surface area contributed by atoms with E-state index in [0.29, 0.717) is 19.7 Å². The summed E-state index contributed by atoms with van der Waals surface area (Å²) in [5.74, 6) is -0.0443. The SMILES string of the molecule is COCCN(Cc1ccoc1)C(=O)C=Cc1ccc(SC)cc1. The van der Waals surface area contributed by atoms with Gasteiger partial charge in [-0.15, -0.1) is 11.8 Å². The van der Waals surface area contributed by atoms with Gasteiger partial charge < -0.3 is 14.1 Å². The van der Waals surface area contributed by atoms with Gasteiger partial charge in [-0.05, 0) is 36.1 Å². The third-order valence-corrected chi connectivity index (χ3v) is 4.11. The summed E-state index contributed by atoms with van der Waals surface area (Å²) in [6, 6.07) is 9.96. The predicted octanol–water partition coefficient (Wildman–Crippen LogP) is 3.69. The van der Waals surface area contributed by atoms with Crippen molar-refractivity contribution in [1.82, 2.24) is 4.90 Å². The molecule has 122 valence electrons. The van der Waals surface area contributed by atoms with Crippen LogP contribution in [0.4, 0.5) is 0 Å². The number of methoxy groups -OCH3 is 1. The molecule has 1 heterocycles. The number of nitrogens with zero attached hydrogens (tertiary/aromatic N) is 1. The average Bonchev–Trinajstić information content (AvgIpc) is 3.10. The van der Waals surface area contributed by atoms with Crippen molar-refractivity contribution in [3.8, 4) is 0 Å². The zero-order chi connectivity index (χ0) is 16.5. The van der Waals surface area contributed by atoms with Crippen LogP contribution in [0.3, 0.4) is 0 Å². The van der Waals surface area contributed by atoms with E-state index in [-0.39, 0.29) is 5.91 Å². The van der Waals surface area contributed by atoms with Gasteiger partial charge in [-0.2, -0.15) is 0 Å². The average molecular weight is 331 g/mol. The van der Waals surface area contributed by atoms with E-state index in [9.17, 15) is 4.79 Å². The van der Waals surface area contributed by atoms with Gasteiger partial charge in [0.2, 0.25) is 5.91 Å². The number of hydrogen-bond donors (Lipinski definition) is 0. The number of thioether (sulfide) groups is 1. The van der Waals surface area contributed by atoms with Gasteiger partial charge in [0.05, 0.1) is 19.1 Å². The van der Waals surface area contributed by atoms with Crippen molar-refractivity contribution in [2.24, 2.45) is 0 Å². The highest BCUT2D eigenvalue weighted by Gasteiger charge is 2.11. The molecule has 0 bridgehead atoms. The maximum Gasteiger partial charge on any atom is 0.246 e. The summed E-state index contributed by atoms with van der Waals surface area (Å²) >= 11 is 1.70. The fourth-order valence-electron chi connectivity index (χ4n) is 2.06. The highest BCUT2D eigenvalue weighted by Crippen LogP contribution is 2.15. The molecule has 0 aliphatic rings. The highest BCUT2D eigenvalue weighted by molar-refractivity contribution is 7.98. The molecule has 0 atom stereocenters. The lowest BCUT2D eigenvalue weighted by molar-refractivity contribution is -0.127. The molecule has 2 rings (SSSR count). The van der Waals surface area contributed by atoms with Crippen molar-refractivity contribution in [1.29, 1.82) is 0 Å². The molecule has 1 amide bonds. The minimum Gasteiger partial charge on any atom is -0.472 e. The summed E-state index contributed by atoms with van der Waals surface area (Å²) in [6.07, 6.45) is 8.73. The van der Waals surface area contributed by atoms with Gasteiger partial charge in [-0.3, -0.25) is 4.79 Å². The minimum atomic E-state index is -0.0443. The number of amides is 1. The fraction of sp³-hybridized carbons (Fsp3) is 0.278. The summed E-state index contributed by atoms with van der Waals surface area (Å²) < 4.78 is 10.1. The molecule has 0 aliphatic heterocycles. The van der Waals surface area contributed by atoms with Crippen molar-refractivity contribution in [3.05, 3.63) is 60.1 Å². The molecule has 5 heteroatoms. The molecule has 4 nitrogen and oxygen atoms in total. The predicted molar refractivity (Wildman–Crippen MR) is 93.3 cm³/mol. The summed E-state index contributed by atoms with van der Waals surface area (Å²) in [6.45, 7) is 1.55. The van der Waals surface area contributed by atoms with Gasteiger partial charge in [0.25, 0.3) is 0 Å². The maximum atomic E-state index is 12.4. The summed E-state index contributed by atoms with van der Waals surface area (Å²) in [7, 11) is 1.63. The van der Waals surface area contributed by atoms with Crippen LogP contribution in [0.2, 0.25) is 0 Å². The number of carbonyl (C=O) groups is 1. The van der Waals surface area contributed by atoms with Gasteiger partial charge in [-0.25, -0.2) is 0 Å². The molecule has 0 radical (unpaired) electrons. The van der Waals surface area contributed by atoms with Crippen LogP contribution in [0.5, 0.6) is 0 Å². The van der Waals surface area contributed by atoms with Crippen molar-refractivity contribution in [2.45, 2.75) is 11.4 Å². The second-order valence-electron chi connectivity index (χ2n) is 4.99. The standard InChI is InChI=1S/C18H21NO3S/c1-21-12-10-19(13-16-9-11-22-14-16)18(20)8-5-15-3-6-17(23-2)7-4-15/h3-9,11,14H,10,12-13H2,1-2H3. The first-order valence-corrected chi connectivity index (χ1v) is 8.56. The third-order valence-electron chi connectivity index (χ3n) is 3.36. The molecule has 0 N–H and O–H groups in total. The molecular formula is C18H21NO3S. The number of ether oxygens (including phenoxy) is 1. The zero-order valence-corrected chi connectivity index (χ0v) is 14.2. The van der Waals surface area contributed by atoms with E-state index >= 15 is 0 Å². The van der Waals surface area contributed by atoms with Crippen LogP contribution in [-0.4, -0.2) is 37.3 Å². The Morgan fingerprint density at radius 1 is 1.30 bits per heavy atom. The van der Waals surface area contributed by atoms with Gasteiger partial charge in [0, 0.05) is 36.7 Å². The van der Waals surface area contributed by atoms with Crippen LogP contribution in [-0.2, 0) is 16.1 Å². The highest BCUT2D eigenvalue weighted by atomic mass is 32.2.